The van der Waals surface area contributed by atoms with Crippen LogP contribution in [0.15, 0.2) is 36.4 Å². The van der Waals surface area contributed by atoms with E-state index in [9.17, 15) is 18.0 Å². The van der Waals surface area contributed by atoms with Gasteiger partial charge in [0.1, 0.15) is 19.3 Å². The van der Waals surface area contributed by atoms with E-state index in [0.29, 0.717) is 52.6 Å². The molecule has 9 nitrogen and oxygen atoms in total. The Labute approximate surface area is 234 Å². The lowest BCUT2D eigenvalue weighted by Gasteiger charge is -2.30. The lowest BCUT2D eigenvalue weighted by Crippen LogP contribution is -2.48. The van der Waals surface area contributed by atoms with Gasteiger partial charge in [-0.05, 0) is 44.0 Å². The van der Waals surface area contributed by atoms with Gasteiger partial charge in [0.15, 0.2) is 11.5 Å². The van der Waals surface area contributed by atoms with E-state index in [4.69, 9.17) is 32.7 Å². The van der Waals surface area contributed by atoms with Crippen LogP contribution in [0.1, 0.15) is 38.7 Å². The molecule has 1 heterocycles. The highest BCUT2D eigenvalue weighted by Crippen LogP contribution is 2.35. The van der Waals surface area contributed by atoms with Crippen LogP contribution >= 0.6 is 23.2 Å². The third-order valence-corrected chi connectivity index (χ3v) is 7.97. The van der Waals surface area contributed by atoms with Crippen molar-refractivity contribution in [2.45, 2.75) is 45.7 Å². The number of hydrogen-bond donors (Lipinski definition) is 1. The van der Waals surface area contributed by atoms with Crippen molar-refractivity contribution in [2.24, 2.45) is 0 Å². The van der Waals surface area contributed by atoms with Crippen molar-refractivity contribution in [3.8, 4) is 11.5 Å². The first-order valence-electron chi connectivity index (χ1n) is 12.4. The van der Waals surface area contributed by atoms with Crippen LogP contribution in [0.4, 0.5) is 5.69 Å². The maximum Gasteiger partial charge on any atom is 0.242 e. The third-order valence-electron chi connectivity index (χ3n) is 6.07. The van der Waals surface area contributed by atoms with Gasteiger partial charge in [-0.2, -0.15) is 0 Å². The second-order valence-electron chi connectivity index (χ2n) is 8.96. The lowest BCUT2D eigenvalue weighted by molar-refractivity contribution is -0.140. The second-order valence-corrected chi connectivity index (χ2v) is 11.7. The minimum absolute atomic E-state index is 0.00401. The van der Waals surface area contributed by atoms with Gasteiger partial charge in [0, 0.05) is 47.7 Å². The minimum Gasteiger partial charge on any atom is -0.486 e. The molecular weight excluding hydrogens is 553 g/mol. The van der Waals surface area contributed by atoms with E-state index >= 15 is 0 Å². The third kappa shape index (κ3) is 7.68. The quantitative estimate of drug-likeness (QED) is 0.399. The van der Waals surface area contributed by atoms with Crippen LogP contribution in [0.2, 0.25) is 10.0 Å². The zero-order chi connectivity index (χ0) is 27.9. The Morgan fingerprint density at radius 1 is 1.08 bits per heavy atom. The van der Waals surface area contributed by atoms with Gasteiger partial charge < -0.3 is 19.7 Å². The second kappa shape index (κ2) is 13.4. The zero-order valence-corrected chi connectivity index (χ0v) is 24.0. The summed E-state index contributed by atoms with van der Waals surface area (Å²) >= 11 is 12.7. The molecule has 1 aliphatic rings. The van der Waals surface area contributed by atoms with E-state index in [1.165, 1.54) is 9.21 Å². The number of anilines is 1. The molecule has 12 heteroatoms. The number of nitrogens with zero attached hydrogens (tertiary/aromatic N) is 2. The first-order chi connectivity index (χ1) is 18.0. The molecule has 0 saturated heterocycles. The highest BCUT2D eigenvalue weighted by Gasteiger charge is 2.28. The first kappa shape index (κ1) is 29.9. The predicted octanol–water partition coefficient (Wildman–Crippen LogP) is 4.25. The number of benzene rings is 2. The smallest absolute Gasteiger partial charge is 0.242 e. The summed E-state index contributed by atoms with van der Waals surface area (Å²) in [6.07, 6.45) is 2.09. The molecule has 2 aromatic rings. The minimum atomic E-state index is -3.65. The number of carbonyl (C=O) groups excluding carboxylic acids is 2. The molecule has 0 bridgehead atoms. The molecule has 38 heavy (non-hydrogen) atoms. The molecular formula is C26H33Cl2N3O6S. The highest BCUT2D eigenvalue weighted by atomic mass is 35.5. The number of hydrogen-bond acceptors (Lipinski definition) is 6. The van der Waals surface area contributed by atoms with E-state index < -0.39 is 16.1 Å². The molecule has 1 atom stereocenters. The molecule has 1 aliphatic heterocycles. The number of ether oxygens (including phenoxy) is 2. The molecule has 3 rings (SSSR count). The maximum absolute atomic E-state index is 13.4. The van der Waals surface area contributed by atoms with E-state index in [2.05, 4.69) is 5.32 Å². The molecule has 1 N–H and O–H groups in total. The number of halogens is 2. The van der Waals surface area contributed by atoms with E-state index in [-0.39, 0.29) is 37.7 Å². The maximum atomic E-state index is 13.4. The van der Waals surface area contributed by atoms with Crippen molar-refractivity contribution in [1.29, 1.82) is 0 Å². The number of sulfonamides is 1. The van der Waals surface area contributed by atoms with Crippen molar-refractivity contribution >= 4 is 50.7 Å². The van der Waals surface area contributed by atoms with Crippen molar-refractivity contribution in [3.05, 3.63) is 52.0 Å². The summed E-state index contributed by atoms with van der Waals surface area (Å²) in [7, 11) is -3.65. The van der Waals surface area contributed by atoms with Gasteiger partial charge in [0.05, 0.1) is 11.9 Å². The van der Waals surface area contributed by atoms with Gasteiger partial charge >= 0.3 is 0 Å². The van der Waals surface area contributed by atoms with Crippen LogP contribution in [0.5, 0.6) is 11.5 Å². The van der Waals surface area contributed by atoms with Crippen LogP contribution in [-0.2, 0) is 26.2 Å². The standard InChI is InChI=1S/C26H33Cl2N3O6S/c1-4-12-29-26(33)18(2)30(17-20-21(27)7-5-8-22(20)28)25(32)9-6-13-31(38(3,34)35)19-10-11-23-24(16-19)37-15-14-36-23/h5,7-8,10-11,16,18H,4,6,9,12-15,17H2,1-3H3,(H,29,33). The average Bonchev–Trinajstić information content (AvgIpc) is 2.88. The summed E-state index contributed by atoms with van der Waals surface area (Å²) in [5, 5.41) is 3.59. The van der Waals surface area contributed by atoms with Crippen molar-refractivity contribution in [1.82, 2.24) is 10.2 Å². The fourth-order valence-corrected chi connectivity index (χ4v) is 5.50. The molecule has 0 aromatic heterocycles. The summed E-state index contributed by atoms with van der Waals surface area (Å²) in [6, 6.07) is 9.18. The Kier molecular flexibility index (Phi) is 10.5. The van der Waals surface area contributed by atoms with E-state index in [0.717, 1.165) is 12.7 Å². The fourth-order valence-electron chi connectivity index (χ4n) is 4.02. The number of rotatable bonds is 12. The Morgan fingerprint density at radius 3 is 2.37 bits per heavy atom. The van der Waals surface area contributed by atoms with Gasteiger partial charge in [-0.15, -0.1) is 0 Å². The molecule has 0 fully saturated rings. The SMILES string of the molecule is CCCNC(=O)C(C)N(Cc1c(Cl)cccc1Cl)C(=O)CCCN(c1ccc2c(c1)OCCO2)S(C)(=O)=O. The summed E-state index contributed by atoms with van der Waals surface area (Å²) in [4.78, 5) is 27.6. The van der Waals surface area contributed by atoms with Gasteiger partial charge in [0.25, 0.3) is 0 Å². The van der Waals surface area contributed by atoms with Gasteiger partial charge in [0.2, 0.25) is 21.8 Å². The van der Waals surface area contributed by atoms with Crippen LogP contribution < -0.4 is 19.1 Å². The molecule has 1 unspecified atom stereocenters. The molecule has 0 radical (unpaired) electrons. The monoisotopic (exact) mass is 585 g/mol. The predicted molar refractivity (Wildman–Crippen MR) is 149 cm³/mol. The Morgan fingerprint density at radius 2 is 1.74 bits per heavy atom. The topological polar surface area (TPSA) is 105 Å². The fraction of sp³-hybridized carbons (Fsp3) is 0.462. The van der Waals surface area contributed by atoms with Gasteiger partial charge in [-0.3, -0.25) is 13.9 Å². The summed E-state index contributed by atoms with van der Waals surface area (Å²) < 4.78 is 37.5. The average molecular weight is 587 g/mol. The van der Waals surface area contributed by atoms with Crippen LogP contribution in [0.3, 0.4) is 0 Å². The summed E-state index contributed by atoms with van der Waals surface area (Å²) in [5.74, 6) is 0.397. The highest BCUT2D eigenvalue weighted by molar-refractivity contribution is 7.92. The van der Waals surface area contributed by atoms with Crippen molar-refractivity contribution < 1.29 is 27.5 Å². The van der Waals surface area contributed by atoms with Crippen molar-refractivity contribution in [3.63, 3.8) is 0 Å². The number of carbonyl (C=O) groups is 2. The molecule has 0 spiro atoms. The van der Waals surface area contributed by atoms with Crippen LogP contribution in [0.25, 0.3) is 0 Å². The largest absolute Gasteiger partial charge is 0.486 e. The normalized spacial score (nSPS) is 13.5. The molecule has 2 amide bonds. The Balaban J connectivity index is 1.76. The van der Waals surface area contributed by atoms with Gasteiger partial charge in [-0.25, -0.2) is 8.42 Å². The Hall–Kier alpha value is -2.69. The molecule has 208 valence electrons. The molecule has 0 aliphatic carbocycles. The van der Waals surface area contributed by atoms with Crippen LogP contribution in [-0.4, -0.2) is 63.7 Å². The Bertz CT molecular complexity index is 1240. The van der Waals surface area contributed by atoms with Gasteiger partial charge in [-0.1, -0.05) is 36.2 Å². The zero-order valence-electron chi connectivity index (χ0n) is 21.7. The van der Waals surface area contributed by atoms with E-state index in [1.807, 2.05) is 6.92 Å². The number of amides is 2. The van der Waals surface area contributed by atoms with Crippen LogP contribution in [0, 0.1) is 0 Å². The number of nitrogens with one attached hydrogen (secondary N) is 1. The lowest BCUT2D eigenvalue weighted by atomic mass is 10.1. The first-order valence-corrected chi connectivity index (χ1v) is 15.0. The number of fused-ring (bicyclic) bond motifs is 1. The summed E-state index contributed by atoms with van der Waals surface area (Å²) in [5.41, 5.74) is 0.949. The summed E-state index contributed by atoms with van der Waals surface area (Å²) in [6.45, 7) is 4.96. The molecule has 2 aromatic carbocycles. The molecule has 0 saturated carbocycles. The van der Waals surface area contributed by atoms with Crippen molar-refractivity contribution in [2.75, 3.05) is 36.9 Å². The van der Waals surface area contributed by atoms with E-state index in [1.54, 1.807) is 43.3 Å².